The van der Waals surface area contributed by atoms with Crippen LogP contribution in [0.2, 0.25) is 0 Å². The van der Waals surface area contributed by atoms with Crippen molar-refractivity contribution in [1.82, 2.24) is 10.4 Å². The summed E-state index contributed by atoms with van der Waals surface area (Å²) in [6.45, 7) is 4.39. The molecule has 0 radical (unpaired) electrons. The highest BCUT2D eigenvalue weighted by Gasteiger charge is 2.24. The Bertz CT molecular complexity index is 283. The van der Waals surface area contributed by atoms with Gasteiger partial charge in [0.05, 0.1) is 6.04 Å². The first-order valence-corrected chi connectivity index (χ1v) is 4.25. The van der Waals surface area contributed by atoms with E-state index in [0.717, 1.165) is 5.82 Å². The average molecular weight is 163 g/mol. The number of rotatable bonds is 1. The third kappa shape index (κ3) is 1.06. The van der Waals surface area contributed by atoms with Crippen LogP contribution >= 0.6 is 0 Å². The van der Waals surface area contributed by atoms with E-state index in [1.54, 1.807) is 6.20 Å². The minimum absolute atomic E-state index is 0.397. The third-order valence-corrected chi connectivity index (χ3v) is 2.19. The van der Waals surface area contributed by atoms with E-state index in [9.17, 15) is 0 Å². The highest BCUT2D eigenvalue weighted by Crippen LogP contribution is 2.30. The largest absolute Gasteiger partial charge is 0.305 e. The Balaban J connectivity index is 2.36. The lowest BCUT2D eigenvalue weighted by molar-refractivity contribution is 0.461. The predicted octanol–water partition coefficient (Wildman–Crippen LogP) is 1.71. The van der Waals surface area contributed by atoms with E-state index < -0.39 is 0 Å². The lowest BCUT2D eigenvalue weighted by Crippen LogP contribution is -2.22. The highest BCUT2D eigenvalue weighted by molar-refractivity contribution is 5.49. The van der Waals surface area contributed by atoms with Gasteiger partial charge >= 0.3 is 0 Å². The zero-order valence-corrected chi connectivity index (χ0v) is 7.33. The van der Waals surface area contributed by atoms with Gasteiger partial charge in [-0.05, 0) is 12.0 Å². The Morgan fingerprint density at radius 2 is 2.33 bits per heavy atom. The Labute approximate surface area is 72.2 Å². The number of hydrogen-bond donors (Lipinski definition) is 2. The maximum atomic E-state index is 4.22. The Morgan fingerprint density at radius 1 is 1.50 bits per heavy atom. The molecule has 64 valence electrons. The van der Waals surface area contributed by atoms with Crippen LogP contribution in [0, 0.1) is 5.92 Å². The average Bonchev–Trinajstić information content (AvgIpc) is 2.47. The standard InChI is InChI=1S/C9H13N3/c1-6(2)8-7-4-3-5-10-9(7)12-11-8/h3-6,8,11H,1-2H3,(H,10,12). The van der Waals surface area contributed by atoms with Crippen LogP contribution in [-0.4, -0.2) is 4.98 Å². The summed E-state index contributed by atoms with van der Waals surface area (Å²) in [6.07, 6.45) is 1.80. The molecule has 0 spiro atoms. The summed E-state index contributed by atoms with van der Waals surface area (Å²) >= 11 is 0. The molecule has 0 aromatic carbocycles. The molecule has 1 unspecified atom stereocenters. The van der Waals surface area contributed by atoms with Crippen molar-refractivity contribution in [3.05, 3.63) is 23.9 Å². The maximum Gasteiger partial charge on any atom is 0.144 e. The van der Waals surface area contributed by atoms with Gasteiger partial charge in [-0.15, -0.1) is 0 Å². The lowest BCUT2D eigenvalue weighted by Gasteiger charge is -2.13. The van der Waals surface area contributed by atoms with Gasteiger partial charge in [0.1, 0.15) is 5.82 Å². The van der Waals surface area contributed by atoms with E-state index in [4.69, 9.17) is 0 Å². The fourth-order valence-corrected chi connectivity index (χ4v) is 1.52. The molecule has 2 N–H and O–H groups in total. The molecule has 0 saturated heterocycles. The molecule has 2 rings (SSSR count). The second-order valence-electron chi connectivity index (χ2n) is 3.43. The molecule has 12 heavy (non-hydrogen) atoms. The number of anilines is 1. The number of nitrogens with one attached hydrogen (secondary N) is 2. The molecular weight excluding hydrogens is 150 g/mol. The van der Waals surface area contributed by atoms with Crippen LogP contribution in [0.3, 0.4) is 0 Å². The van der Waals surface area contributed by atoms with Crippen molar-refractivity contribution in [3.63, 3.8) is 0 Å². The van der Waals surface area contributed by atoms with Crippen LogP contribution in [0.1, 0.15) is 25.5 Å². The quantitative estimate of drug-likeness (QED) is 0.661. The molecule has 0 saturated carbocycles. The van der Waals surface area contributed by atoms with Gasteiger partial charge in [0.25, 0.3) is 0 Å². The highest BCUT2D eigenvalue weighted by atomic mass is 15.4. The van der Waals surface area contributed by atoms with Gasteiger partial charge in [0, 0.05) is 11.8 Å². The minimum atomic E-state index is 0.397. The molecule has 0 bridgehead atoms. The van der Waals surface area contributed by atoms with Crippen LogP contribution in [0.4, 0.5) is 5.82 Å². The van der Waals surface area contributed by atoms with Crippen molar-refractivity contribution in [1.29, 1.82) is 0 Å². The zero-order valence-electron chi connectivity index (χ0n) is 7.33. The second-order valence-corrected chi connectivity index (χ2v) is 3.43. The van der Waals surface area contributed by atoms with Gasteiger partial charge in [-0.25, -0.2) is 10.4 Å². The van der Waals surface area contributed by atoms with Crippen molar-refractivity contribution < 1.29 is 0 Å². The van der Waals surface area contributed by atoms with Crippen LogP contribution in [0.5, 0.6) is 0 Å². The molecule has 2 heterocycles. The number of fused-ring (bicyclic) bond motifs is 1. The fourth-order valence-electron chi connectivity index (χ4n) is 1.52. The van der Waals surface area contributed by atoms with E-state index in [2.05, 4.69) is 35.7 Å². The van der Waals surface area contributed by atoms with Gasteiger partial charge < -0.3 is 5.43 Å². The Kier molecular flexibility index (Phi) is 1.73. The summed E-state index contributed by atoms with van der Waals surface area (Å²) in [4.78, 5) is 4.22. The van der Waals surface area contributed by atoms with E-state index >= 15 is 0 Å². The monoisotopic (exact) mass is 163 g/mol. The molecule has 3 nitrogen and oxygen atoms in total. The van der Waals surface area contributed by atoms with Crippen molar-refractivity contribution in [2.45, 2.75) is 19.9 Å². The van der Waals surface area contributed by atoms with Gasteiger partial charge in [0.15, 0.2) is 0 Å². The molecule has 0 fully saturated rings. The molecule has 1 aliphatic heterocycles. The van der Waals surface area contributed by atoms with Crippen LogP contribution in [0.15, 0.2) is 18.3 Å². The summed E-state index contributed by atoms with van der Waals surface area (Å²) in [5, 5.41) is 0. The number of hydrogen-bond acceptors (Lipinski definition) is 3. The molecule has 1 aromatic heterocycles. The number of aromatic nitrogens is 1. The van der Waals surface area contributed by atoms with Crippen LogP contribution in [0.25, 0.3) is 0 Å². The SMILES string of the molecule is CC(C)C1NNc2ncccc21. The topological polar surface area (TPSA) is 37.0 Å². The van der Waals surface area contributed by atoms with Crippen molar-refractivity contribution in [2.75, 3.05) is 5.43 Å². The van der Waals surface area contributed by atoms with E-state index in [1.807, 2.05) is 6.07 Å². The summed E-state index contributed by atoms with van der Waals surface area (Å²) in [5.41, 5.74) is 7.55. The summed E-state index contributed by atoms with van der Waals surface area (Å²) < 4.78 is 0. The first-order valence-electron chi connectivity index (χ1n) is 4.25. The van der Waals surface area contributed by atoms with Crippen LogP contribution in [-0.2, 0) is 0 Å². The second kappa shape index (κ2) is 2.75. The maximum absolute atomic E-state index is 4.22. The Morgan fingerprint density at radius 3 is 3.08 bits per heavy atom. The van der Waals surface area contributed by atoms with E-state index in [-0.39, 0.29) is 0 Å². The first-order chi connectivity index (χ1) is 5.79. The normalized spacial score (nSPS) is 20.8. The molecule has 1 aliphatic rings. The number of pyridine rings is 1. The van der Waals surface area contributed by atoms with Gasteiger partial charge in [-0.1, -0.05) is 19.9 Å². The van der Waals surface area contributed by atoms with Crippen molar-refractivity contribution >= 4 is 5.82 Å². The molecule has 0 aliphatic carbocycles. The molecule has 0 amide bonds. The van der Waals surface area contributed by atoms with Crippen molar-refractivity contribution in [3.8, 4) is 0 Å². The van der Waals surface area contributed by atoms with Gasteiger partial charge in [0.2, 0.25) is 0 Å². The molecular formula is C9H13N3. The van der Waals surface area contributed by atoms with E-state index in [0.29, 0.717) is 12.0 Å². The van der Waals surface area contributed by atoms with Crippen LogP contribution < -0.4 is 10.9 Å². The summed E-state index contributed by atoms with van der Waals surface area (Å²) in [7, 11) is 0. The predicted molar refractivity (Wildman–Crippen MR) is 48.6 cm³/mol. The fraction of sp³-hybridized carbons (Fsp3) is 0.444. The molecule has 3 heteroatoms. The summed E-state index contributed by atoms with van der Waals surface area (Å²) in [6, 6.07) is 4.48. The summed E-state index contributed by atoms with van der Waals surface area (Å²) in [5.74, 6) is 1.55. The molecule has 1 aromatic rings. The first kappa shape index (κ1) is 7.55. The number of hydrazine groups is 1. The van der Waals surface area contributed by atoms with Gasteiger partial charge in [-0.2, -0.15) is 0 Å². The van der Waals surface area contributed by atoms with Gasteiger partial charge in [-0.3, -0.25) is 0 Å². The third-order valence-electron chi connectivity index (χ3n) is 2.19. The van der Waals surface area contributed by atoms with E-state index in [1.165, 1.54) is 5.56 Å². The Hall–Kier alpha value is -1.09. The lowest BCUT2D eigenvalue weighted by atomic mass is 9.99. The number of nitrogens with zero attached hydrogens (tertiary/aromatic N) is 1. The minimum Gasteiger partial charge on any atom is -0.305 e. The smallest absolute Gasteiger partial charge is 0.144 e. The molecule has 1 atom stereocenters. The van der Waals surface area contributed by atoms with Crippen molar-refractivity contribution in [2.24, 2.45) is 5.92 Å². The zero-order chi connectivity index (χ0) is 8.55.